The van der Waals surface area contributed by atoms with E-state index >= 15 is 0 Å². The highest BCUT2D eigenvalue weighted by atomic mass is 35.5. The summed E-state index contributed by atoms with van der Waals surface area (Å²) < 4.78 is 5.68. The first-order valence-electron chi connectivity index (χ1n) is 6.17. The van der Waals surface area contributed by atoms with Crippen LogP contribution in [0.3, 0.4) is 0 Å². The van der Waals surface area contributed by atoms with Gasteiger partial charge >= 0.3 is 0 Å². The molecule has 1 aromatic carbocycles. The third kappa shape index (κ3) is 3.26. The van der Waals surface area contributed by atoms with Gasteiger partial charge < -0.3 is 9.73 Å². The Morgan fingerprint density at radius 3 is 2.68 bits per heavy atom. The van der Waals surface area contributed by atoms with Crippen LogP contribution < -0.4 is 5.32 Å². The topological polar surface area (TPSA) is 51.0 Å². The Labute approximate surface area is 122 Å². The zero-order valence-electron chi connectivity index (χ0n) is 10.8. The lowest BCUT2D eigenvalue weighted by molar-refractivity contribution is 0.402. The van der Waals surface area contributed by atoms with Gasteiger partial charge in [-0.1, -0.05) is 37.0 Å². The van der Waals surface area contributed by atoms with Crippen molar-refractivity contribution in [3.05, 3.63) is 34.1 Å². The van der Waals surface area contributed by atoms with E-state index in [9.17, 15) is 0 Å². The summed E-state index contributed by atoms with van der Waals surface area (Å²) in [5.74, 6) is 0.985. The quantitative estimate of drug-likeness (QED) is 0.903. The van der Waals surface area contributed by atoms with Gasteiger partial charge in [-0.05, 0) is 31.2 Å². The van der Waals surface area contributed by atoms with Gasteiger partial charge in [0.2, 0.25) is 11.8 Å². The summed E-state index contributed by atoms with van der Waals surface area (Å²) in [7, 11) is 0. The van der Waals surface area contributed by atoms with Crippen LogP contribution in [0.25, 0.3) is 11.5 Å². The maximum atomic E-state index is 6.12. The Morgan fingerprint density at radius 2 is 2.05 bits per heavy atom. The van der Waals surface area contributed by atoms with Gasteiger partial charge in [-0.15, -0.1) is 10.2 Å². The third-order valence-electron chi connectivity index (χ3n) is 2.76. The summed E-state index contributed by atoms with van der Waals surface area (Å²) in [5, 5.41) is 12.5. The minimum Gasteiger partial charge on any atom is -0.419 e. The van der Waals surface area contributed by atoms with Gasteiger partial charge in [0.1, 0.15) is 0 Å². The minimum absolute atomic E-state index is 0.0670. The molecule has 2 rings (SSSR count). The van der Waals surface area contributed by atoms with Gasteiger partial charge in [0.05, 0.1) is 16.6 Å². The highest BCUT2D eigenvalue weighted by Crippen LogP contribution is 2.30. The van der Waals surface area contributed by atoms with Crippen LogP contribution in [0.15, 0.2) is 22.6 Å². The van der Waals surface area contributed by atoms with Gasteiger partial charge in [-0.2, -0.15) is 0 Å². The molecule has 0 spiro atoms. The van der Waals surface area contributed by atoms with E-state index in [1.165, 1.54) is 0 Å². The molecule has 102 valence electrons. The fraction of sp³-hybridized carbons (Fsp3) is 0.385. The van der Waals surface area contributed by atoms with Gasteiger partial charge in [0, 0.05) is 5.02 Å². The SMILES string of the molecule is CCNC(CC)c1nnc(-c2ccc(Cl)cc2Cl)o1. The molecule has 1 atom stereocenters. The predicted octanol–water partition coefficient (Wildman–Crippen LogP) is 4.10. The highest BCUT2D eigenvalue weighted by Gasteiger charge is 2.17. The minimum atomic E-state index is 0.0670. The number of benzene rings is 1. The highest BCUT2D eigenvalue weighted by molar-refractivity contribution is 6.36. The smallest absolute Gasteiger partial charge is 0.249 e. The first-order chi connectivity index (χ1) is 9.15. The van der Waals surface area contributed by atoms with E-state index in [1.807, 2.05) is 6.92 Å². The second kappa shape index (κ2) is 6.37. The molecule has 2 aromatic rings. The van der Waals surface area contributed by atoms with E-state index in [0.29, 0.717) is 27.4 Å². The lowest BCUT2D eigenvalue weighted by Crippen LogP contribution is -2.20. The molecule has 0 aliphatic carbocycles. The molecule has 1 N–H and O–H groups in total. The summed E-state index contributed by atoms with van der Waals surface area (Å²) in [5.41, 5.74) is 0.691. The molecule has 0 fully saturated rings. The van der Waals surface area contributed by atoms with Crippen LogP contribution in [0, 0.1) is 0 Å². The molecular formula is C13H15Cl2N3O. The standard InChI is InChI=1S/C13H15Cl2N3O/c1-3-11(16-4-2)13-18-17-12(19-13)9-6-5-8(14)7-10(9)15/h5-7,11,16H,3-4H2,1-2H3. The molecule has 4 nitrogen and oxygen atoms in total. The molecule has 1 aromatic heterocycles. The Kier molecular flexibility index (Phi) is 4.80. The van der Waals surface area contributed by atoms with Crippen molar-refractivity contribution in [3.63, 3.8) is 0 Å². The number of aromatic nitrogens is 2. The Bertz CT molecular complexity index is 557. The maximum Gasteiger partial charge on any atom is 0.249 e. The van der Waals surface area contributed by atoms with E-state index in [-0.39, 0.29) is 6.04 Å². The van der Waals surface area contributed by atoms with E-state index < -0.39 is 0 Å². The average molecular weight is 300 g/mol. The number of nitrogens with zero attached hydrogens (tertiary/aromatic N) is 2. The van der Waals surface area contributed by atoms with Crippen molar-refractivity contribution in [1.29, 1.82) is 0 Å². The fourth-order valence-electron chi connectivity index (χ4n) is 1.80. The number of halogens is 2. The number of rotatable bonds is 5. The number of hydrogen-bond donors (Lipinski definition) is 1. The molecule has 0 aliphatic rings. The maximum absolute atomic E-state index is 6.12. The Hall–Kier alpha value is -1.10. The zero-order chi connectivity index (χ0) is 13.8. The van der Waals surface area contributed by atoms with Crippen molar-refractivity contribution in [2.75, 3.05) is 6.54 Å². The van der Waals surface area contributed by atoms with Gasteiger partial charge in [0.25, 0.3) is 0 Å². The van der Waals surface area contributed by atoms with E-state index in [1.54, 1.807) is 18.2 Å². The second-order valence-corrected chi connectivity index (χ2v) is 4.93. The molecule has 1 heterocycles. The van der Waals surface area contributed by atoms with Crippen molar-refractivity contribution in [2.45, 2.75) is 26.3 Å². The summed E-state index contributed by atoms with van der Waals surface area (Å²) in [6, 6.07) is 5.24. The Balaban J connectivity index is 2.29. The molecule has 0 bridgehead atoms. The molecule has 0 amide bonds. The number of hydrogen-bond acceptors (Lipinski definition) is 4. The van der Waals surface area contributed by atoms with Gasteiger partial charge in [0.15, 0.2) is 0 Å². The van der Waals surface area contributed by atoms with Crippen molar-refractivity contribution in [1.82, 2.24) is 15.5 Å². The third-order valence-corrected chi connectivity index (χ3v) is 3.31. The van der Waals surface area contributed by atoms with E-state index in [4.69, 9.17) is 27.6 Å². The van der Waals surface area contributed by atoms with Crippen molar-refractivity contribution in [3.8, 4) is 11.5 Å². The van der Waals surface area contributed by atoms with Gasteiger partial charge in [-0.25, -0.2) is 0 Å². The normalized spacial score (nSPS) is 12.6. The zero-order valence-corrected chi connectivity index (χ0v) is 12.3. The fourth-order valence-corrected chi connectivity index (χ4v) is 2.29. The molecule has 0 aliphatic heterocycles. The lowest BCUT2D eigenvalue weighted by Gasteiger charge is -2.10. The second-order valence-electron chi connectivity index (χ2n) is 4.09. The monoisotopic (exact) mass is 299 g/mol. The molecule has 1 unspecified atom stereocenters. The molecular weight excluding hydrogens is 285 g/mol. The largest absolute Gasteiger partial charge is 0.419 e. The van der Waals surface area contributed by atoms with Crippen LogP contribution in [-0.2, 0) is 0 Å². The van der Waals surface area contributed by atoms with Crippen LogP contribution in [-0.4, -0.2) is 16.7 Å². The van der Waals surface area contributed by atoms with E-state index in [0.717, 1.165) is 13.0 Å². The molecule has 19 heavy (non-hydrogen) atoms. The summed E-state index contributed by atoms with van der Waals surface area (Å²) >= 11 is 12.0. The van der Waals surface area contributed by atoms with Crippen LogP contribution in [0.5, 0.6) is 0 Å². The summed E-state index contributed by atoms with van der Waals surface area (Å²) in [4.78, 5) is 0. The molecule has 0 radical (unpaired) electrons. The predicted molar refractivity (Wildman–Crippen MR) is 76.5 cm³/mol. The van der Waals surface area contributed by atoms with Crippen LogP contribution in [0.1, 0.15) is 32.2 Å². The number of nitrogens with one attached hydrogen (secondary N) is 1. The van der Waals surface area contributed by atoms with Crippen molar-refractivity contribution in [2.24, 2.45) is 0 Å². The summed E-state index contributed by atoms with van der Waals surface area (Å²) in [6.45, 7) is 4.94. The first-order valence-corrected chi connectivity index (χ1v) is 6.93. The van der Waals surface area contributed by atoms with Crippen LogP contribution in [0.4, 0.5) is 0 Å². The Morgan fingerprint density at radius 1 is 1.26 bits per heavy atom. The van der Waals surface area contributed by atoms with Crippen molar-refractivity contribution < 1.29 is 4.42 Å². The molecule has 6 heteroatoms. The average Bonchev–Trinajstić information content (AvgIpc) is 2.85. The van der Waals surface area contributed by atoms with Gasteiger partial charge in [-0.3, -0.25) is 0 Å². The molecule has 0 saturated carbocycles. The van der Waals surface area contributed by atoms with Crippen LogP contribution in [0.2, 0.25) is 10.0 Å². The van der Waals surface area contributed by atoms with Crippen molar-refractivity contribution >= 4 is 23.2 Å². The molecule has 0 saturated heterocycles. The first kappa shape index (κ1) is 14.3. The summed E-state index contributed by atoms with van der Waals surface area (Å²) in [6.07, 6.45) is 0.879. The lowest BCUT2D eigenvalue weighted by atomic mass is 10.2. The van der Waals surface area contributed by atoms with Crippen LogP contribution >= 0.6 is 23.2 Å². The van der Waals surface area contributed by atoms with E-state index in [2.05, 4.69) is 22.4 Å².